The number of halogens is 6. The summed E-state index contributed by atoms with van der Waals surface area (Å²) in [7, 11) is 0. The summed E-state index contributed by atoms with van der Waals surface area (Å²) < 4.78 is 63.5. The van der Waals surface area contributed by atoms with Crippen LogP contribution in [0.5, 0.6) is 0 Å². The van der Waals surface area contributed by atoms with Crippen molar-refractivity contribution in [2.45, 2.75) is 192 Å². The molecule has 0 aliphatic carbocycles. The average Bonchev–Trinajstić information content (AvgIpc) is 3.14. The largest absolute Gasteiger partial charge is 0.490 e. The summed E-state index contributed by atoms with van der Waals surface area (Å²) in [5.74, 6) is -9.56. The molecule has 14 nitrogen and oxygen atoms in total. The Morgan fingerprint density at radius 1 is 0.567 bits per heavy atom. The van der Waals surface area contributed by atoms with E-state index in [0.717, 1.165) is 38.5 Å². The fourth-order valence-electron chi connectivity index (χ4n) is 5.66. The Hall–Kier alpha value is -3.94. The molecule has 0 saturated carbocycles. The van der Waals surface area contributed by atoms with Gasteiger partial charge in [-0.1, -0.05) is 142 Å². The van der Waals surface area contributed by atoms with Gasteiger partial charge in [-0.2, -0.15) is 26.3 Å². The van der Waals surface area contributed by atoms with Gasteiger partial charge < -0.3 is 36.6 Å². The van der Waals surface area contributed by atoms with E-state index in [2.05, 4.69) is 19.2 Å². The third-order valence-corrected chi connectivity index (χ3v) is 9.07. The molecule has 8 N–H and O–H groups in total. The molecule has 0 fully saturated rings. The number of alkyl halides is 6. The molecule has 20 heteroatoms. The number of rotatable bonds is 33. The average molecular weight is 882 g/mol. The molecule has 0 aliphatic heterocycles. The zero-order valence-corrected chi connectivity index (χ0v) is 35.0. The van der Waals surface area contributed by atoms with Gasteiger partial charge in [-0.3, -0.25) is 19.3 Å². The molecule has 0 saturated heterocycles. The van der Waals surface area contributed by atoms with Crippen LogP contribution in [0, 0.1) is 0 Å². The predicted octanol–water partition coefficient (Wildman–Crippen LogP) is 8.56. The maximum atomic E-state index is 12.7. The minimum atomic E-state index is -5.08. The Kier molecular flexibility index (Phi) is 37.1. The summed E-state index contributed by atoms with van der Waals surface area (Å²) >= 11 is 0. The first-order valence-electron chi connectivity index (χ1n) is 20.8. The number of carbonyl (C=O) groups excluding carboxylic acids is 1. The van der Waals surface area contributed by atoms with E-state index in [9.17, 15) is 55.7 Å². The van der Waals surface area contributed by atoms with E-state index in [1.165, 1.54) is 102 Å². The Morgan fingerprint density at radius 3 is 1.18 bits per heavy atom. The Balaban J connectivity index is -0.00000196. The third-order valence-electron chi connectivity index (χ3n) is 9.07. The molecular weight excluding hydrogens is 812 g/mol. The first kappa shape index (κ1) is 60.4. The number of aliphatic carboxylic acids is 5. The molecule has 0 rings (SSSR count). The highest BCUT2D eigenvalue weighted by atomic mass is 19.4. The second-order valence-electron chi connectivity index (χ2n) is 14.4. The van der Waals surface area contributed by atoms with Gasteiger partial charge in [0.2, 0.25) is 5.91 Å². The van der Waals surface area contributed by atoms with Crippen LogP contribution in [0.15, 0.2) is 12.2 Å². The zero-order valence-electron chi connectivity index (χ0n) is 35.0. The highest BCUT2D eigenvalue weighted by molar-refractivity contribution is 5.85. The van der Waals surface area contributed by atoms with Crippen LogP contribution >= 0.6 is 0 Å². The lowest BCUT2D eigenvalue weighted by Gasteiger charge is -2.29. The molecule has 0 aliphatic rings. The van der Waals surface area contributed by atoms with Crippen LogP contribution in [-0.2, 0) is 28.8 Å². The Labute approximate surface area is 349 Å². The van der Waals surface area contributed by atoms with Crippen molar-refractivity contribution in [2.24, 2.45) is 5.73 Å². The number of nitrogens with two attached hydrogens (primary N) is 1. The quantitative estimate of drug-likeness (QED) is 0.0186. The van der Waals surface area contributed by atoms with Gasteiger partial charge >= 0.3 is 42.2 Å². The first-order chi connectivity index (χ1) is 28.0. The zero-order chi connectivity index (χ0) is 46.6. The van der Waals surface area contributed by atoms with Crippen molar-refractivity contribution in [3.8, 4) is 0 Å². The van der Waals surface area contributed by atoms with E-state index in [1.807, 2.05) is 4.90 Å². The van der Waals surface area contributed by atoms with Gasteiger partial charge in [-0.05, 0) is 38.8 Å². The molecule has 3 atom stereocenters. The predicted molar refractivity (Wildman–Crippen MR) is 212 cm³/mol. The van der Waals surface area contributed by atoms with Crippen molar-refractivity contribution in [3.05, 3.63) is 12.2 Å². The van der Waals surface area contributed by atoms with Gasteiger partial charge in [0.1, 0.15) is 18.1 Å². The maximum Gasteiger partial charge on any atom is 0.490 e. The molecule has 60 heavy (non-hydrogen) atoms. The van der Waals surface area contributed by atoms with Crippen LogP contribution in [-0.4, -0.2) is 110 Å². The van der Waals surface area contributed by atoms with E-state index in [4.69, 9.17) is 30.6 Å². The van der Waals surface area contributed by atoms with Crippen LogP contribution in [0.4, 0.5) is 26.3 Å². The minimum Gasteiger partial charge on any atom is -0.480 e. The lowest BCUT2D eigenvalue weighted by atomic mass is 10.0. The second-order valence-corrected chi connectivity index (χ2v) is 14.4. The number of carbonyl (C=O) groups is 6. The first-order valence-corrected chi connectivity index (χ1v) is 20.8. The van der Waals surface area contributed by atoms with Crippen molar-refractivity contribution in [3.63, 3.8) is 0 Å². The van der Waals surface area contributed by atoms with E-state index in [0.29, 0.717) is 13.1 Å². The number of hydrogen-bond acceptors (Lipinski definition) is 8. The molecule has 1 amide bonds. The topological polar surface area (TPSA) is 245 Å². The summed E-state index contributed by atoms with van der Waals surface area (Å²) in [6.45, 7) is 5.78. The normalized spacial score (nSPS) is 13.0. The summed E-state index contributed by atoms with van der Waals surface area (Å²) in [5.41, 5.74) is 5.44. The maximum absolute atomic E-state index is 12.7. The van der Waals surface area contributed by atoms with Crippen molar-refractivity contribution >= 4 is 35.8 Å². The number of carboxylic acid groups (broad SMARTS) is 5. The smallest absolute Gasteiger partial charge is 0.480 e. The minimum absolute atomic E-state index is 0.0800. The molecule has 352 valence electrons. The Morgan fingerprint density at radius 2 is 0.900 bits per heavy atom. The Bertz CT molecular complexity index is 1170. The van der Waals surface area contributed by atoms with Crippen molar-refractivity contribution < 1.29 is 80.6 Å². The number of nitrogens with zero attached hydrogens (tertiary/aromatic N) is 1. The summed E-state index contributed by atoms with van der Waals surface area (Å²) in [6, 6.07) is -3.35. The van der Waals surface area contributed by atoms with Crippen LogP contribution in [0.3, 0.4) is 0 Å². The van der Waals surface area contributed by atoms with E-state index < -0.39 is 66.2 Å². The fraction of sp³-hybridized carbons (Fsp3) is 0.800. The van der Waals surface area contributed by atoms with E-state index >= 15 is 0 Å². The van der Waals surface area contributed by atoms with Crippen LogP contribution in [0.1, 0.15) is 162 Å². The standard InChI is InChI=1S/C36H67N3O7.2C2HF3O2/c1-3-5-7-9-11-13-15-17-19-21-28-39(29-22-20-18-16-14-12-10-8-6-4-2)32(36(45)46)26-27-33(40)38-31(35(43)44)25-23-24-30(37)34(41)42;2*3-2(4,5)1(6)7/h23,25,30-32H,3-22,24,26-29,37H2,1-2H3,(H,38,40)(H,41,42)(H,43,44)(H,45,46);2*(H,6,7)/b25-23+;;/t30-,31+,32-;;/m1../s1. The van der Waals surface area contributed by atoms with Gasteiger partial charge in [0, 0.05) is 6.42 Å². The SMILES string of the molecule is CCCCCCCCCCCCN(CCCCCCCCCCCC)[C@H](CCC(=O)N[C@@H](/C=C/C[C@@H](N)C(=O)O)C(=O)O)C(=O)O.O=C(O)C(F)(F)F.O=C(O)C(F)(F)F. The monoisotopic (exact) mass is 881 g/mol. The van der Waals surface area contributed by atoms with Gasteiger partial charge in [0.25, 0.3) is 0 Å². The van der Waals surface area contributed by atoms with E-state index in [1.54, 1.807) is 0 Å². The summed E-state index contributed by atoms with van der Waals surface area (Å²) in [4.78, 5) is 67.3. The molecule has 0 unspecified atom stereocenters. The molecule has 0 heterocycles. The number of carboxylic acids is 5. The molecule has 0 aromatic heterocycles. The van der Waals surface area contributed by atoms with Gasteiger partial charge in [-0.25, -0.2) is 14.4 Å². The van der Waals surface area contributed by atoms with Crippen molar-refractivity contribution in [2.75, 3.05) is 13.1 Å². The molecule has 0 bridgehead atoms. The third kappa shape index (κ3) is 38.3. The number of hydrogen-bond donors (Lipinski definition) is 7. The molecule has 0 radical (unpaired) electrons. The van der Waals surface area contributed by atoms with E-state index in [-0.39, 0.29) is 19.3 Å². The summed E-state index contributed by atoms with van der Waals surface area (Å²) in [5, 5.41) is 45.1. The van der Waals surface area contributed by atoms with Crippen LogP contribution < -0.4 is 11.1 Å². The highest BCUT2D eigenvalue weighted by Gasteiger charge is 2.39. The van der Waals surface area contributed by atoms with Crippen molar-refractivity contribution in [1.29, 1.82) is 0 Å². The van der Waals surface area contributed by atoms with Crippen LogP contribution in [0.2, 0.25) is 0 Å². The van der Waals surface area contributed by atoms with Crippen molar-refractivity contribution in [1.82, 2.24) is 10.2 Å². The van der Waals surface area contributed by atoms with Crippen LogP contribution in [0.25, 0.3) is 0 Å². The lowest BCUT2D eigenvalue weighted by molar-refractivity contribution is -0.193. The molecular formula is C40H69F6N3O11. The molecule has 0 aromatic carbocycles. The van der Waals surface area contributed by atoms with Gasteiger partial charge in [-0.15, -0.1) is 0 Å². The summed E-state index contributed by atoms with van der Waals surface area (Å²) in [6.07, 6.45) is 16.2. The number of amides is 1. The second kappa shape index (κ2) is 36.9. The van der Waals surface area contributed by atoms with Gasteiger partial charge in [0.05, 0.1) is 0 Å². The lowest BCUT2D eigenvalue weighted by Crippen LogP contribution is -2.44. The fourth-order valence-corrected chi connectivity index (χ4v) is 5.66. The molecule has 0 aromatic rings. The van der Waals surface area contributed by atoms with Gasteiger partial charge in [0.15, 0.2) is 0 Å². The number of nitrogens with one attached hydrogen (secondary N) is 1. The highest BCUT2D eigenvalue weighted by Crippen LogP contribution is 2.17. The number of unbranched alkanes of at least 4 members (excludes halogenated alkanes) is 18. The molecule has 0 spiro atoms.